The number of rotatable bonds is 2. The van der Waals surface area contributed by atoms with Crippen molar-refractivity contribution >= 4 is 0 Å². The van der Waals surface area contributed by atoms with Crippen LogP contribution in [-0.4, -0.2) is 36.7 Å². The van der Waals surface area contributed by atoms with Crippen LogP contribution in [0, 0.1) is 0 Å². The smallest absolute Gasteiger partial charge is 0.120 e. The van der Waals surface area contributed by atoms with Gasteiger partial charge in [0, 0.05) is 19.6 Å². The van der Waals surface area contributed by atoms with Crippen LogP contribution >= 0.6 is 0 Å². The molecule has 2 nitrogen and oxygen atoms in total. The summed E-state index contributed by atoms with van der Waals surface area (Å²) < 4.78 is 13.4. The van der Waals surface area contributed by atoms with E-state index in [1.165, 1.54) is 0 Å². The van der Waals surface area contributed by atoms with Crippen molar-refractivity contribution in [2.24, 2.45) is 5.73 Å². The second kappa shape index (κ2) is 3.50. The molecule has 0 aromatic heterocycles. The van der Waals surface area contributed by atoms with E-state index in [0.717, 1.165) is 19.5 Å². The summed E-state index contributed by atoms with van der Waals surface area (Å²) in [4.78, 5) is 2.10. The van der Waals surface area contributed by atoms with Gasteiger partial charge in [-0.2, -0.15) is 0 Å². The maximum absolute atomic E-state index is 13.4. The van der Waals surface area contributed by atoms with Crippen molar-refractivity contribution in [3.63, 3.8) is 0 Å². The third-order valence-electron chi connectivity index (χ3n) is 2.17. The van der Waals surface area contributed by atoms with E-state index >= 15 is 0 Å². The molecule has 0 aliphatic carbocycles. The van der Waals surface area contributed by atoms with Gasteiger partial charge in [-0.25, -0.2) is 4.39 Å². The molecule has 0 radical (unpaired) electrons. The van der Waals surface area contributed by atoms with Crippen molar-refractivity contribution in [3.05, 3.63) is 0 Å². The minimum atomic E-state index is -0.979. The molecule has 1 unspecified atom stereocenters. The van der Waals surface area contributed by atoms with Gasteiger partial charge < -0.3 is 5.73 Å². The number of likely N-dealkylation sites (tertiary alicyclic amines) is 1. The van der Waals surface area contributed by atoms with Gasteiger partial charge in [0.1, 0.15) is 5.67 Å². The van der Waals surface area contributed by atoms with Crippen LogP contribution in [0.1, 0.15) is 19.8 Å². The van der Waals surface area contributed by atoms with Gasteiger partial charge in [0.15, 0.2) is 0 Å². The molecule has 66 valence electrons. The lowest BCUT2D eigenvalue weighted by Crippen LogP contribution is -2.45. The number of hydrogen-bond donors (Lipinski definition) is 1. The summed E-state index contributed by atoms with van der Waals surface area (Å²) in [5.41, 5.74) is 4.41. The van der Waals surface area contributed by atoms with Gasteiger partial charge in [0.05, 0.1) is 0 Å². The number of alkyl halides is 1. The van der Waals surface area contributed by atoms with Gasteiger partial charge in [0.2, 0.25) is 0 Å². The van der Waals surface area contributed by atoms with E-state index in [0.29, 0.717) is 19.5 Å². The zero-order valence-electron chi connectivity index (χ0n) is 7.15. The number of halogens is 1. The molecule has 1 rings (SSSR count). The van der Waals surface area contributed by atoms with Crippen LogP contribution in [0.4, 0.5) is 4.39 Å². The van der Waals surface area contributed by atoms with Crippen molar-refractivity contribution < 1.29 is 4.39 Å². The summed E-state index contributed by atoms with van der Waals surface area (Å²) in [5, 5.41) is 0. The number of nitrogens with zero attached hydrogens (tertiary/aromatic N) is 1. The van der Waals surface area contributed by atoms with Crippen molar-refractivity contribution in [2.45, 2.75) is 25.4 Å². The van der Waals surface area contributed by atoms with Crippen molar-refractivity contribution in [1.82, 2.24) is 4.90 Å². The Kier molecular flexibility index (Phi) is 2.84. The number of piperidine rings is 1. The van der Waals surface area contributed by atoms with Crippen LogP contribution in [0.15, 0.2) is 0 Å². The number of hydrogen-bond acceptors (Lipinski definition) is 2. The lowest BCUT2D eigenvalue weighted by atomic mass is 9.97. The largest absolute Gasteiger partial charge is 0.329 e. The Hall–Kier alpha value is -0.150. The summed E-state index contributed by atoms with van der Waals surface area (Å²) >= 11 is 0. The van der Waals surface area contributed by atoms with E-state index in [4.69, 9.17) is 5.73 Å². The third-order valence-corrected chi connectivity index (χ3v) is 2.17. The summed E-state index contributed by atoms with van der Waals surface area (Å²) in [6.45, 7) is 4.71. The monoisotopic (exact) mass is 160 g/mol. The summed E-state index contributed by atoms with van der Waals surface area (Å²) in [5.74, 6) is 0. The van der Waals surface area contributed by atoms with Crippen LogP contribution in [-0.2, 0) is 0 Å². The topological polar surface area (TPSA) is 29.3 Å². The average Bonchev–Trinajstić information content (AvgIpc) is 1.85. The molecule has 3 heteroatoms. The Morgan fingerprint density at radius 1 is 1.64 bits per heavy atom. The highest BCUT2D eigenvalue weighted by atomic mass is 19.1. The van der Waals surface area contributed by atoms with Gasteiger partial charge in [-0.3, -0.25) is 4.90 Å². The fourth-order valence-corrected chi connectivity index (χ4v) is 1.67. The van der Waals surface area contributed by atoms with Gasteiger partial charge in [-0.1, -0.05) is 0 Å². The quantitative estimate of drug-likeness (QED) is 0.646. The van der Waals surface area contributed by atoms with Crippen LogP contribution in [0.2, 0.25) is 0 Å². The van der Waals surface area contributed by atoms with Crippen molar-refractivity contribution in [3.8, 4) is 0 Å². The highest BCUT2D eigenvalue weighted by molar-refractivity contribution is 4.83. The Labute approximate surface area is 67.6 Å². The molecule has 1 heterocycles. The SMILES string of the molecule is CC1(F)CCCN(CCN)C1. The summed E-state index contributed by atoms with van der Waals surface area (Å²) in [6.07, 6.45) is 1.67. The van der Waals surface area contributed by atoms with Crippen LogP contribution in [0.5, 0.6) is 0 Å². The second-order valence-corrected chi connectivity index (χ2v) is 3.58. The molecule has 1 aliphatic heterocycles. The van der Waals surface area contributed by atoms with E-state index in [1.54, 1.807) is 6.92 Å². The van der Waals surface area contributed by atoms with Crippen molar-refractivity contribution in [1.29, 1.82) is 0 Å². The Bertz CT molecular complexity index is 123. The third kappa shape index (κ3) is 2.75. The second-order valence-electron chi connectivity index (χ2n) is 3.58. The van der Waals surface area contributed by atoms with Crippen LogP contribution < -0.4 is 5.73 Å². The molecule has 0 saturated carbocycles. The molecule has 0 aromatic carbocycles. The first-order valence-corrected chi connectivity index (χ1v) is 4.25. The van der Waals surface area contributed by atoms with E-state index in [1.807, 2.05) is 0 Å². The molecule has 1 aliphatic rings. The zero-order chi connectivity index (χ0) is 8.32. The predicted molar refractivity (Wildman–Crippen MR) is 44.2 cm³/mol. The Morgan fingerprint density at radius 2 is 2.36 bits per heavy atom. The first-order valence-electron chi connectivity index (χ1n) is 4.25. The molecule has 1 fully saturated rings. The minimum Gasteiger partial charge on any atom is -0.329 e. The van der Waals surface area contributed by atoms with E-state index in [-0.39, 0.29) is 0 Å². The predicted octanol–water partition coefficient (Wildman–Crippen LogP) is 0.769. The lowest BCUT2D eigenvalue weighted by Gasteiger charge is -2.34. The fourth-order valence-electron chi connectivity index (χ4n) is 1.67. The zero-order valence-corrected chi connectivity index (χ0v) is 7.15. The minimum absolute atomic E-state index is 0.560. The van der Waals surface area contributed by atoms with Gasteiger partial charge in [-0.15, -0.1) is 0 Å². The Morgan fingerprint density at radius 3 is 2.91 bits per heavy atom. The molecule has 0 bridgehead atoms. The molecule has 1 saturated heterocycles. The standard InChI is InChI=1S/C8H17FN2/c1-8(9)3-2-5-11(7-8)6-4-10/h2-7,10H2,1H3. The molecular formula is C8H17FN2. The average molecular weight is 160 g/mol. The van der Waals surface area contributed by atoms with Crippen LogP contribution in [0.3, 0.4) is 0 Å². The molecular weight excluding hydrogens is 143 g/mol. The van der Waals surface area contributed by atoms with E-state index < -0.39 is 5.67 Å². The van der Waals surface area contributed by atoms with Crippen LogP contribution in [0.25, 0.3) is 0 Å². The first kappa shape index (κ1) is 8.94. The molecule has 1 atom stereocenters. The molecule has 0 amide bonds. The molecule has 0 spiro atoms. The maximum atomic E-state index is 13.4. The van der Waals surface area contributed by atoms with Gasteiger partial charge >= 0.3 is 0 Å². The summed E-state index contributed by atoms with van der Waals surface area (Å²) in [6, 6.07) is 0. The van der Waals surface area contributed by atoms with Gasteiger partial charge in [0.25, 0.3) is 0 Å². The fraction of sp³-hybridized carbons (Fsp3) is 1.00. The van der Waals surface area contributed by atoms with E-state index in [9.17, 15) is 4.39 Å². The summed E-state index contributed by atoms with van der Waals surface area (Å²) in [7, 11) is 0. The van der Waals surface area contributed by atoms with E-state index in [2.05, 4.69) is 4.90 Å². The highest BCUT2D eigenvalue weighted by Gasteiger charge is 2.29. The molecule has 11 heavy (non-hydrogen) atoms. The maximum Gasteiger partial charge on any atom is 0.120 e. The lowest BCUT2D eigenvalue weighted by molar-refractivity contribution is 0.0625. The highest BCUT2D eigenvalue weighted by Crippen LogP contribution is 2.23. The molecule has 2 N–H and O–H groups in total. The normalized spacial score (nSPS) is 34.1. The number of nitrogens with two attached hydrogens (primary N) is 1. The first-order chi connectivity index (χ1) is 5.14. The Balaban J connectivity index is 2.34. The van der Waals surface area contributed by atoms with Crippen molar-refractivity contribution in [2.75, 3.05) is 26.2 Å². The molecule has 0 aromatic rings. The van der Waals surface area contributed by atoms with Gasteiger partial charge in [-0.05, 0) is 26.3 Å².